The van der Waals surface area contributed by atoms with E-state index in [2.05, 4.69) is 27.6 Å². The van der Waals surface area contributed by atoms with Gasteiger partial charge in [-0.2, -0.15) is 5.10 Å². The number of hydrogen-bond donors (Lipinski definition) is 2. The van der Waals surface area contributed by atoms with Crippen molar-refractivity contribution in [3.8, 4) is 0 Å². The van der Waals surface area contributed by atoms with E-state index in [1.54, 1.807) is 11.8 Å². The predicted octanol–water partition coefficient (Wildman–Crippen LogP) is 3.17. The summed E-state index contributed by atoms with van der Waals surface area (Å²) < 4.78 is 2.51. The van der Waals surface area contributed by atoms with E-state index in [0.717, 1.165) is 23.6 Å². The molecular weight excluding hydrogens is 328 g/mol. The molecule has 0 spiro atoms. The molecule has 2 heterocycles. The SMILES string of the molecule is CC(C)n1c(CNC(=O)C2SCCc3ccccc32)n[nH]c1=S. The van der Waals surface area contributed by atoms with Gasteiger partial charge in [-0.1, -0.05) is 24.3 Å². The molecule has 122 valence electrons. The fourth-order valence-corrected chi connectivity index (χ4v) is 4.44. The molecule has 0 radical (unpaired) electrons. The number of benzene rings is 1. The first-order chi connectivity index (χ1) is 11.1. The van der Waals surface area contributed by atoms with Crippen molar-refractivity contribution in [2.45, 2.75) is 38.1 Å². The minimum Gasteiger partial charge on any atom is -0.348 e. The third-order valence-corrected chi connectivity index (χ3v) is 5.48. The molecule has 1 aromatic carbocycles. The lowest BCUT2D eigenvalue weighted by molar-refractivity contribution is -0.120. The number of carbonyl (C=O) groups is 1. The number of nitrogens with one attached hydrogen (secondary N) is 2. The van der Waals surface area contributed by atoms with E-state index < -0.39 is 0 Å². The molecule has 0 fully saturated rings. The average molecular weight is 348 g/mol. The second-order valence-corrected chi connectivity index (χ2v) is 7.43. The zero-order valence-electron chi connectivity index (χ0n) is 13.2. The van der Waals surface area contributed by atoms with E-state index >= 15 is 0 Å². The van der Waals surface area contributed by atoms with Crippen LogP contribution in [-0.4, -0.2) is 26.4 Å². The molecule has 3 rings (SSSR count). The molecule has 23 heavy (non-hydrogen) atoms. The number of aryl methyl sites for hydroxylation is 1. The summed E-state index contributed by atoms with van der Waals surface area (Å²) in [7, 11) is 0. The van der Waals surface area contributed by atoms with Crippen molar-refractivity contribution in [1.82, 2.24) is 20.1 Å². The van der Waals surface area contributed by atoms with Crippen LogP contribution in [0.25, 0.3) is 0 Å². The van der Waals surface area contributed by atoms with Crippen molar-refractivity contribution < 1.29 is 4.79 Å². The van der Waals surface area contributed by atoms with Crippen molar-refractivity contribution in [1.29, 1.82) is 0 Å². The number of amides is 1. The van der Waals surface area contributed by atoms with Gasteiger partial charge in [0, 0.05) is 6.04 Å². The molecule has 1 unspecified atom stereocenters. The zero-order valence-corrected chi connectivity index (χ0v) is 14.8. The monoisotopic (exact) mass is 348 g/mol. The summed E-state index contributed by atoms with van der Waals surface area (Å²) in [5, 5.41) is 9.88. The van der Waals surface area contributed by atoms with Gasteiger partial charge in [-0.15, -0.1) is 11.8 Å². The molecule has 2 N–H and O–H groups in total. The number of thioether (sulfide) groups is 1. The summed E-state index contributed by atoms with van der Waals surface area (Å²) in [6.45, 7) is 4.47. The fourth-order valence-electron chi connectivity index (χ4n) is 2.86. The summed E-state index contributed by atoms with van der Waals surface area (Å²) in [6, 6.07) is 8.40. The largest absolute Gasteiger partial charge is 0.348 e. The summed E-state index contributed by atoms with van der Waals surface area (Å²) in [5.74, 6) is 1.76. The minimum atomic E-state index is -0.144. The number of carbonyl (C=O) groups excluding carboxylic acids is 1. The molecule has 1 aromatic heterocycles. The Bertz CT molecular complexity index is 765. The smallest absolute Gasteiger partial charge is 0.238 e. The lowest BCUT2D eigenvalue weighted by Crippen LogP contribution is -2.31. The number of nitrogens with zero attached hydrogens (tertiary/aromatic N) is 2. The molecule has 7 heteroatoms. The Kier molecular flexibility index (Phi) is 4.87. The Balaban J connectivity index is 1.73. The summed E-state index contributed by atoms with van der Waals surface area (Å²) in [5.41, 5.74) is 2.40. The maximum Gasteiger partial charge on any atom is 0.238 e. The molecule has 1 aliphatic heterocycles. The van der Waals surface area contributed by atoms with Gasteiger partial charge in [-0.3, -0.25) is 9.89 Å². The third kappa shape index (κ3) is 3.35. The number of H-pyrrole nitrogens is 1. The van der Waals surface area contributed by atoms with Crippen LogP contribution in [0, 0.1) is 4.77 Å². The molecule has 5 nitrogen and oxygen atoms in total. The second kappa shape index (κ2) is 6.88. The highest BCUT2D eigenvalue weighted by molar-refractivity contribution is 8.00. The topological polar surface area (TPSA) is 62.7 Å². The number of hydrogen-bond acceptors (Lipinski definition) is 4. The third-order valence-electron chi connectivity index (χ3n) is 3.95. The summed E-state index contributed by atoms with van der Waals surface area (Å²) in [4.78, 5) is 12.6. The normalized spacial score (nSPS) is 17.1. The molecule has 1 atom stereocenters. The van der Waals surface area contributed by atoms with E-state index in [-0.39, 0.29) is 17.2 Å². The van der Waals surface area contributed by atoms with E-state index in [1.807, 2.05) is 30.5 Å². The predicted molar refractivity (Wildman–Crippen MR) is 95.0 cm³/mol. The van der Waals surface area contributed by atoms with E-state index in [4.69, 9.17) is 12.2 Å². The zero-order chi connectivity index (χ0) is 16.4. The number of fused-ring (bicyclic) bond motifs is 1. The van der Waals surface area contributed by atoms with Crippen LogP contribution in [-0.2, 0) is 17.8 Å². The van der Waals surface area contributed by atoms with Gasteiger partial charge in [-0.25, -0.2) is 0 Å². The van der Waals surface area contributed by atoms with Gasteiger partial charge in [0.15, 0.2) is 10.6 Å². The lowest BCUT2D eigenvalue weighted by Gasteiger charge is -2.24. The van der Waals surface area contributed by atoms with Crippen molar-refractivity contribution in [2.75, 3.05) is 5.75 Å². The molecule has 0 aliphatic carbocycles. The molecule has 1 aliphatic rings. The Labute approximate surface area is 144 Å². The first-order valence-corrected chi connectivity index (χ1v) is 9.16. The van der Waals surface area contributed by atoms with Crippen LogP contribution >= 0.6 is 24.0 Å². The van der Waals surface area contributed by atoms with Gasteiger partial charge in [0.05, 0.1) is 6.54 Å². The first-order valence-electron chi connectivity index (χ1n) is 7.71. The molecular formula is C16H20N4OS2. The Hall–Kier alpha value is -1.60. The average Bonchev–Trinajstić information content (AvgIpc) is 2.93. The lowest BCUT2D eigenvalue weighted by atomic mass is 10.0. The van der Waals surface area contributed by atoms with Gasteiger partial charge in [0.1, 0.15) is 5.25 Å². The van der Waals surface area contributed by atoms with E-state index in [1.165, 1.54) is 5.56 Å². The van der Waals surface area contributed by atoms with Crippen LogP contribution < -0.4 is 5.32 Å². The van der Waals surface area contributed by atoms with E-state index in [9.17, 15) is 4.79 Å². The van der Waals surface area contributed by atoms with Crippen molar-refractivity contribution in [2.24, 2.45) is 0 Å². The number of rotatable bonds is 4. The van der Waals surface area contributed by atoms with E-state index in [0.29, 0.717) is 11.3 Å². The van der Waals surface area contributed by atoms with Crippen LogP contribution in [0.1, 0.15) is 42.1 Å². The Morgan fingerprint density at radius 3 is 3.09 bits per heavy atom. The van der Waals surface area contributed by atoms with Crippen LogP contribution in [0.5, 0.6) is 0 Å². The summed E-state index contributed by atoms with van der Waals surface area (Å²) >= 11 is 6.93. The van der Waals surface area contributed by atoms with Gasteiger partial charge in [0.2, 0.25) is 5.91 Å². The van der Waals surface area contributed by atoms with Gasteiger partial charge in [-0.05, 0) is 49.4 Å². The molecule has 2 aromatic rings. The highest BCUT2D eigenvalue weighted by atomic mass is 32.2. The standard InChI is InChI=1S/C16H20N4OS2/c1-10(2)20-13(18-19-16(20)22)9-17-15(21)14-12-6-4-3-5-11(12)7-8-23-14/h3-6,10,14H,7-9H2,1-2H3,(H,17,21)(H,19,22). The van der Waals surface area contributed by atoms with Crippen molar-refractivity contribution in [3.05, 3.63) is 46.0 Å². The number of aromatic nitrogens is 3. The van der Waals surface area contributed by atoms with Gasteiger partial charge >= 0.3 is 0 Å². The molecule has 0 saturated carbocycles. The van der Waals surface area contributed by atoms with Crippen LogP contribution in [0.4, 0.5) is 0 Å². The Morgan fingerprint density at radius 1 is 1.52 bits per heavy atom. The molecule has 0 saturated heterocycles. The quantitative estimate of drug-likeness (QED) is 0.833. The summed E-state index contributed by atoms with van der Waals surface area (Å²) in [6.07, 6.45) is 1.02. The highest BCUT2D eigenvalue weighted by Crippen LogP contribution is 2.36. The second-order valence-electron chi connectivity index (χ2n) is 5.83. The maximum atomic E-state index is 12.6. The number of aromatic amines is 1. The molecule has 1 amide bonds. The highest BCUT2D eigenvalue weighted by Gasteiger charge is 2.26. The van der Waals surface area contributed by atoms with Crippen molar-refractivity contribution in [3.63, 3.8) is 0 Å². The Morgan fingerprint density at radius 2 is 2.30 bits per heavy atom. The van der Waals surface area contributed by atoms with Crippen LogP contribution in [0.15, 0.2) is 24.3 Å². The first kappa shape index (κ1) is 16.3. The van der Waals surface area contributed by atoms with Crippen LogP contribution in [0.2, 0.25) is 0 Å². The fraction of sp³-hybridized carbons (Fsp3) is 0.438. The van der Waals surface area contributed by atoms with Gasteiger partial charge < -0.3 is 9.88 Å². The molecule has 0 bridgehead atoms. The maximum absolute atomic E-state index is 12.6. The minimum absolute atomic E-state index is 0.0337. The van der Waals surface area contributed by atoms with Gasteiger partial charge in [0.25, 0.3) is 0 Å². The van der Waals surface area contributed by atoms with Crippen molar-refractivity contribution >= 4 is 29.9 Å². The van der Waals surface area contributed by atoms with Crippen LogP contribution in [0.3, 0.4) is 0 Å².